The lowest BCUT2D eigenvalue weighted by Crippen LogP contribution is -2.52. The molecule has 2 atom stereocenters. The minimum absolute atomic E-state index is 0.0441. The van der Waals surface area contributed by atoms with Gasteiger partial charge in [-0.05, 0) is 26.3 Å². The smallest absolute Gasteiger partial charge is 0.238 e. The van der Waals surface area contributed by atoms with Crippen LogP contribution in [-0.2, 0) is 4.79 Å². The molecule has 21 heavy (non-hydrogen) atoms. The fourth-order valence-electron chi connectivity index (χ4n) is 2.46. The monoisotopic (exact) mass is 307 g/mol. The lowest BCUT2D eigenvalue weighted by Gasteiger charge is -2.31. The Kier molecular flexibility index (Phi) is 5.67. The average molecular weight is 307 g/mol. The van der Waals surface area contributed by atoms with Gasteiger partial charge in [-0.2, -0.15) is 0 Å². The van der Waals surface area contributed by atoms with Crippen molar-refractivity contribution >= 4 is 17.7 Å². The van der Waals surface area contributed by atoms with Crippen LogP contribution in [0, 0.1) is 0 Å². The average Bonchev–Trinajstić information content (AvgIpc) is 2.99. The van der Waals surface area contributed by atoms with Crippen LogP contribution in [0.2, 0.25) is 0 Å². The van der Waals surface area contributed by atoms with Crippen molar-refractivity contribution in [3.05, 3.63) is 35.9 Å². The van der Waals surface area contributed by atoms with Gasteiger partial charge in [-0.1, -0.05) is 30.3 Å². The van der Waals surface area contributed by atoms with Crippen LogP contribution >= 0.6 is 11.8 Å². The van der Waals surface area contributed by atoms with Crippen molar-refractivity contribution in [3.8, 4) is 0 Å². The van der Waals surface area contributed by atoms with Gasteiger partial charge in [0.05, 0.1) is 6.04 Å². The second-order valence-corrected chi connectivity index (χ2v) is 7.18. The van der Waals surface area contributed by atoms with Gasteiger partial charge in [-0.15, -0.1) is 11.8 Å². The SMILES string of the molecule is CC(NC(C)(C)CNC(=O)C1CSCN1)c1ccccc1. The fraction of sp³-hybridized carbons (Fsp3) is 0.562. The molecule has 3 N–H and O–H groups in total. The molecule has 1 saturated heterocycles. The van der Waals surface area contributed by atoms with E-state index in [1.807, 2.05) is 18.2 Å². The van der Waals surface area contributed by atoms with E-state index >= 15 is 0 Å². The maximum Gasteiger partial charge on any atom is 0.238 e. The summed E-state index contributed by atoms with van der Waals surface area (Å²) in [6.45, 7) is 6.99. The number of thioether (sulfide) groups is 1. The molecule has 0 aliphatic carbocycles. The molecule has 2 unspecified atom stereocenters. The third-order valence-corrected chi connectivity index (χ3v) is 4.58. The van der Waals surface area contributed by atoms with Gasteiger partial charge < -0.3 is 10.6 Å². The standard InChI is InChI=1S/C16H25N3OS/c1-12(13-7-5-4-6-8-13)19-16(2,3)10-17-15(20)14-9-21-11-18-14/h4-8,12,14,18-19H,9-11H2,1-3H3,(H,17,20). The van der Waals surface area contributed by atoms with Crippen molar-refractivity contribution in [2.24, 2.45) is 0 Å². The van der Waals surface area contributed by atoms with Crippen molar-refractivity contribution in [1.82, 2.24) is 16.0 Å². The number of amides is 1. The minimum atomic E-state index is -0.156. The summed E-state index contributed by atoms with van der Waals surface area (Å²) in [6, 6.07) is 10.6. The van der Waals surface area contributed by atoms with Gasteiger partial charge in [0.1, 0.15) is 0 Å². The molecule has 4 nitrogen and oxygen atoms in total. The van der Waals surface area contributed by atoms with E-state index in [4.69, 9.17) is 0 Å². The van der Waals surface area contributed by atoms with Crippen LogP contribution in [-0.4, -0.2) is 35.7 Å². The zero-order valence-corrected chi connectivity index (χ0v) is 13.8. The number of carbonyl (C=O) groups excluding carboxylic acids is 1. The molecular formula is C16H25N3OS. The molecule has 0 saturated carbocycles. The maximum atomic E-state index is 12.0. The largest absolute Gasteiger partial charge is 0.353 e. The van der Waals surface area contributed by atoms with Crippen LogP contribution < -0.4 is 16.0 Å². The number of hydrogen-bond donors (Lipinski definition) is 3. The van der Waals surface area contributed by atoms with Crippen LogP contribution in [0.4, 0.5) is 0 Å². The van der Waals surface area contributed by atoms with Gasteiger partial charge in [-0.3, -0.25) is 10.1 Å². The van der Waals surface area contributed by atoms with Crippen LogP contribution in [0.25, 0.3) is 0 Å². The summed E-state index contributed by atoms with van der Waals surface area (Å²) in [5.74, 6) is 1.83. The van der Waals surface area contributed by atoms with Crippen molar-refractivity contribution in [1.29, 1.82) is 0 Å². The first-order chi connectivity index (χ1) is 9.98. The van der Waals surface area contributed by atoms with E-state index in [0.717, 1.165) is 11.6 Å². The van der Waals surface area contributed by atoms with E-state index in [-0.39, 0.29) is 23.5 Å². The molecule has 1 aliphatic heterocycles. The van der Waals surface area contributed by atoms with Crippen LogP contribution in [0.5, 0.6) is 0 Å². The van der Waals surface area contributed by atoms with Crippen LogP contribution in [0.3, 0.4) is 0 Å². The second-order valence-electron chi connectivity index (χ2n) is 6.15. The highest BCUT2D eigenvalue weighted by Crippen LogP contribution is 2.16. The molecule has 1 amide bonds. The van der Waals surface area contributed by atoms with Gasteiger partial charge in [-0.25, -0.2) is 0 Å². The van der Waals surface area contributed by atoms with Crippen molar-refractivity contribution < 1.29 is 4.79 Å². The van der Waals surface area contributed by atoms with E-state index < -0.39 is 0 Å². The van der Waals surface area contributed by atoms with Gasteiger partial charge in [0.2, 0.25) is 5.91 Å². The number of hydrogen-bond acceptors (Lipinski definition) is 4. The summed E-state index contributed by atoms with van der Waals surface area (Å²) in [7, 11) is 0. The summed E-state index contributed by atoms with van der Waals surface area (Å²) >= 11 is 1.76. The van der Waals surface area contributed by atoms with Crippen molar-refractivity contribution in [2.75, 3.05) is 18.2 Å². The van der Waals surface area contributed by atoms with Crippen LogP contribution in [0.1, 0.15) is 32.4 Å². The Morgan fingerprint density at radius 3 is 2.76 bits per heavy atom. The molecule has 0 aromatic heterocycles. The first kappa shape index (κ1) is 16.3. The van der Waals surface area contributed by atoms with Gasteiger partial charge >= 0.3 is 0 Å². The number of benzene rings is 1. The Morgan fingerprint density at radius 2 is 2.14 bits per heavy atom. The van der Waals surface area contributed by atoms with Crippen molar-refractivity contribution in [2.45, 2.75) is 38.4 Å². The zero-order valence-electron chi connectivity index (χ0n) is 13.0. The molecular weight excluding hydrogens is 282 g/mol. The Bertz CT molecular complexity index is 458. The number of carbonyl (C=O) groups is 1. The highest BCUT2D eigenvalue weighted by Gasteiger charge is 2.26. The molecule has 5 heteroatoms. The highest BCUT2D eigenvalue weighted by molar-refractivity contribution is 7.99. The van der Waals surface area contributed by atoms with E-state index in [0.29, 0.717) is 6.54 Å². The topological polar surface area (TPSA) is 53.2 Å². The molecule has 116 valence electrons. The highest BCUT2D eigenvalue weighted by atomic mass is 32.2. The Hall–Kier alpha value is -1.04. The number of rotatable bonds is 6. The quantitative estimate of drug-likeness (QED) is 0.751. The molecule has 1 aliphatic rings. The molecule has 0 bridgehead atoms. The minimum Gasteiger partial charge on any atom is -0.353 e. The van der Waals surface area contributed by atoms with Gasteiger partial charge in [0.25, 0.3) is 0 Å². The fourth-order valence-corrected chi connectivity index (χ4v) is 3.40. The summed E-state index contributed by atoms with van der Waals surface area (Å²) in [5.41, 5.74) is 1.10. The normalized spacial score (nSPS) is 20.2. The van der Waals surface area contributed by atoms with Crippen molar-refractivity contribution in [3.63, 3.8) is 0 Å². The lowest BCUT2D eigenvalue weighted by atomic mass is 10.0. The molecule has 0 radical (unpaired) electrons. The Balaban J connectivity index is 1.82. The van der Waals surface area contributed by atoms with E-state index in [9.17, 15) is 4.79 Å². The molecule has 1 aromatic rings. The molecule has 1 aromatic carbocycles. The van der Waals surface area contributed by atoms with E-state index in [1.54, 1.807) is 11.8 Å². The lowest BCUT2D eigenvalue weighted by molar-refractivity contribution is -0.122. The van der Waals surface area contributed by atoms with E-state index in [2.05, 4.69) is 48.9 Å². The third-order valence-electron chi connectivity index (χ3n) is 3.64. The zero-order chi connectivity index (χ0) is 15.3. The third kappa shape index (κ3) is 5.02. The molecule has 0 spiro atoms. The second kappa shape index (κ2) is 7.29. The number of nitrogens with one attached hydrogen (secondary N) is 3. The summed E-state index contributed by atoms with van der Waals surface area (Å²) in [4.78, 5) is 12.0. The predicted molar refractivity (Wildman–Crippen MR) is 89.3 cm³/mol. The molecule has 1 heterocycles. The summed E-state index contributed by atoms with van der Waals surface area (Å²) in [5, 5.41) is 9.81. The summed E-state index contributed by atoms with van der Waals surface area (Å²) < 4.78 is 0. The van der Waals surface area contributed by atoms with Gasteiger partial charge in [0, 0.05) is 29.8 Å². The van der Waals surface area contributed by atoms with Gasteiger partial charge in [0.15, 0.2) is 0 Å². The first-order valence-electron chi connectivity index (χ1n) is 7.39. The van der Waals surface area contributed by atoms with Crippen LogP contribution in [0.15, 0.2) is 30.3 Å². The maximum absolute atomic E-state index is 12.0. The Labute approximate surface area is 131 Å². The van der Waals surface area contributed by atoms with E-state index in [1.165, 1.54) is 5.56 Å². The first-order valence-corrected chi connectivity index (χ1v) is 8.55. The Morgan fingerprint density at radius 1 is 1.43 bits per heavy atom. The molecule has 1 fully saturated rings. The predicted octanol–water partition coefficient (Wildman–Crippen LogP) is 1.89. The molecule has 2 rings (SSSR count). The summed E-state index contributed by atoms with van der Waals surface area (Å²) in [6.07, 6.45) is 0.